The molecule has 2 aromatic rings. The van der Waals surface area contributed by atoms with E-state index in [4.69, 9.17) is 16.7 Å². The van der Waals surface area contributed by atoms with Crippen LogP contribution in [0.5, 0.6) is 0 Å². The average Bonchev–Trinajstić information content (AvgIpc) is 2.72. The van der Waals surface area contributed by atoms with Crippen LogP contribution in [0, 0.1) is 13.8 Å². The van der Waals surface area contributed by atoms with E-state index in [1.165, 1.54) is 19.1 Å². The largest absolute Gasteiger partial charge is 0.478 e. The van der Waals surface area contributed by atoms with Gasteiger partial charge in [-0.15, -0.1) is 0 Å². The van der Waals surface area contributed by atoms with Crippen molar-refractivity contribution in [2.75, 3.05) is 4.72 Å². The van der Waals surface area contributed by atoms with Gasteiger partial charge in [0.1, 0.15) is 10.6 Å². The Balaban J connectivity index is 2.48. The second-order valence-corrected chi connectivity index (χ2v) is 7.08. The third-order valence-electron chi connectivity index (χ3n) is 2.81. The summed E-state index contributed by atoms with van der Waals surface area (Å²) in [7, 11) is -3.94. The van der Waals surface area contributed by atoms with Crippen LogP contribution in [-0.4, -0.2) is 23.9 Å². The van der Waals surface area contributed by atoms with Crippen LogP contribution < -0.4 is 4.72 Å². The van der Waals surface area contributed by atoms with E-state index < -0.39 is 16.0 Å². The Morgan fingerprint density at radius 3 is 2.67 bits per heavy atom. The second kappa shape index (κ2) is 5.63. The third-order valence-corrected chi connectivity index (χ3v) is 5.70. The van der Waals surface area contributed by atoms with Crippen molar-refractivity contribution in [2.24, 2.45) is 0 Å². The fraction of sp³-hybridized carbons (Fsp3) is 0.167. The molecule has 0 aliphatic rings. The molecule has 2 N–H and O–H groups in total. The van der Waals surface area contributed by atoms with E-state index in [1.807, 2.05) is 0 Å². The highest BCUT2D eigenvalue weighted by Crippen LogP contribution is 2.29. The standard InChI is InChI=1S/C12H11ClN2O4S2/c1-6-8(13)4-3-5-9(6)21(18,19)15-11-10(12(16)17)7(2)14-20-11/h3-5,15H,1-2H3,(H,16,17). The van der Waals surface area contributed by atoms with Crippen LogP contribution >= 0.6 is 23.1 Å². The van der Waals surface area contributed by atoms with Crippen LogP contribution in [0.2, 0.25) is 5.02 Å². The number of nitrogens with zero attached hydrogens (tertiary/aromatic N) is 1. The summed E-state index contributed by atoms with van der Waals surface area (Å²) in [6.07, 6.45) is 0. The Kier molecular flexibility index (Phi) is 4.22. The fourth-order valence-electron chi connectivity index (χ4n) is 1.75. The molecule has 0 unspecified atom stereocenters. The number of sulfonamides is 1. The molecule has 21 heavy (non-hydrogen) atoms. The van der Waals surface area contributed by atoms with E-state index in [9.17, 15) is 13.2 Å². The topological polar surface area (TPSA) is 96.4 Å². The summed E-state index contributed by atoms with van der Waals surface area (Å²) >= 11 is 6.69. The lowest BCUT2D eigenvalue weighted by Crippen LogP contribution is -2.15. The van der Waals surface area contributed by atoms with E-state index in [1.54, 1.807) is 13.0 Å². The molecule has 1 aromatic carbocycles. The van der Waals surface area contributed by atoms with Gasteiger partial charge in [-0.25, -0.2) is 13.2 Å². The maximum atomic E-state index is 12.4. The van der Waals surface area contributed by atoms with Gasteiger partial charge in [0.05, 0.1) is 10.6 Å². The van der Waals surface area contributed by atoms with E-state index in [2.05, 4.69) is 9.10 Å². The van der Waals surface area contributed by atoms with E-state index in [-0.39, 0.29) is 21.2 Å². The molecule has 0 saturated carbocycles. The maximum absolute atomic E-state index is 12.4. The molecule has 0 spiro atoms. The van der Waals surface area contributed by atoms with Crippen molar-refractivity contribution in [2.45, 2.75) is 18.7 Å². The number of carbonyl (C=O) groups is 1. The number of hydrogen-bond donors (Lipinski definition) is 2. The first-order chi connectivity index (χ1) is 9.74. The monoisotopic (exact) mass is 346 g/mol. The number of benzene rings is 1. The van der Waals surface area contributed by atoms with Crippen molar-refractivity contribution >= 4 is 44.1 Å². The van der Waals surface area contributed by atoms with Crippen molar-refractivity contribution in [1.29, 1.82) is 0 Å². The number of rotatable bonds is 4. The zero-order valence-corrected chi connectivity index (χ0v) is 13.4. The zero-order chi connectivity index (χ0) is 15.8. The highest BCUT2D eigenvalue weighted by molar-refractivity contribution is 7.93. The van der Waals surface area contributed by atoms with E-state index >= 15 is 0 Å². The van der Waals surface area contributed by atoms with Crippen LogP contribution in [0.25, 0.3) is 0 Å². The molecule has 0 radical (unpaired) electrons. The van der Waals surface area contributed by atoms with Gasteiger partial charge in [-0.1, -0.05) is 17.7 Å². The summed E-state index contributed by atoms with van der Waals surface area (Å²) in [5.74, 6) is -1.23. The van der Waals surface area contributed by atoms with Crippen molar-refractivity contribution in [3.8, 4) is 0 Å². The minimum atomic E-state index is -3.94. The van der Waals surface area contributed by atoms with Crippen LogP contribution in [-0.2, 0) is 10.0 Å². The van der Waals surface area contributed by atoms with Crippen LogP contribution in [0.4, 0.5) is 5.00 Å². The van der Waals surface area contributed by atoms with Gasteiger partial charge in [-0.3, -0.25) is 4.72 Å². The molecule has 0 fully saturated rings. The number of anilines is 1. The molecule has 0 atom stereocenters. The Morgan fingerprint density at radius 2 is 2.05 bits per heavy atom. The molecule has 0 aliphatic carbocycles. The summed E-state index contributed by atoms with van der Waals surface area (Å²) in [5.41, 5.74) is 0.501. The molecule has 1 heterocycles. The number of aromatic nitrogens is 1. The quantitative estimate of drug-likeness (QED) is 0.887. The first kappa shape index (κ1) is 15.7. The zero-order valence-electron chi connectivity index (χ0n) is 11.0. The number of carboxylic acids is 1. The van der Waals surface area contributed by atoms with Crippen molar-refractivity contribution in [3.05, 3.63) is 40.0 Å². The highest BCUT2D eigenvalue weighted by atomic mass is 35.5. The van der Waals surface area contributed by atoms with E-state index in [0.717, 1.165) is 11.5 Å². The van der Waals surface area contributed by atoms with Gasteiger partial charge in [0.15, 0.2) is 0 Å². The van der Waals surface area contributed by atoms with Gasteiger partial charge in [0.2, 0.25) is 0 Å². The van der Waals surface area contributed by atoms with Gasteiger partial charge >= 0.3 is 5.97 Å². The maximum Gasteiger partial charge on any atom is 0.340 e. The molecule has 2 rings (SSSR count). The first-order valence-electron chi connectivity index (χ1n) is 5.71. The summed E-state index contributed by atoms with van der Waals surface area (Å²) in [5, 5.41) is 9.40. The van der Waals surface area contributed by atoms with Crippen LogP contribution in [0.3, 0.4) is 0 Å². The average molecular weight is 347 g/mol. The third kappa shape index (κ3) is 3.02. The molecule has 9 heteroatoms. The summed E-state index contributed by atoms with van der Waals surface area (Å²) in [6.45, 7) is 3.08. The van der Waals surface area contributed by atoms with Crippen LogP contribution in [0.15, 0.2) is 23.1 Å². The lowest BCUT2D eigenvalue weighted by Gasteiger charge is -2.10. The van der Waals surface area contributed by atoms with Gasteiger partial charge in [0, 0.05) is 5.02 Å². The van der Waals surface area contributed by atoms with Crippen molar-refractivity contribution in [1.82, 2.24) is 4.37 Å². The van der Waals surface area contributed by atoms with Gasteiger partial charge in [0.25, 0.3) is 10.0 Å². The molecule has 6 nitrogen and oxygen atoms in total. The molecule has 0 saturated heterocycles. The van der Waals surface area contributed by atoms with Crippen LogP contribution in [0.1, 0.15) is 21.6 Å². The predicted octanol–water partition coefficient (Wildman–Crippen LogP) is 2.91. The molecule has 0 aliphatic heterocycles. The Labute approximate surface area is 130 Å². The first-order valence-corrected chi connectivity index (χ1v) is 8.35. The fourth-order valence-corrected chi connectivity index (χ4v) is 4.33. The SMILES string of the molecule is Cc1nsc(NS(=O)(=O)c2cccc(Cl)c2C)c1C(=O)O. The number of nitrogens with one attached hydrogen (secondary N) is 1. The Hall–Kier alpha value is -1.64. The number of hydrogen-bond acceptors (Lipinski definition) is 5. The normalized spacial score (nSPS) is 11.4. The molecule has 0 amide bonds. The Bertz CT molecular complexity index is 815. The summed E-state index contributed by atoms with van der Waals surface area (Å²) in [6, 6.07) is 4.49. The van der Waals surface area contributed by atoms with Gasteiger partial charge in [-0.2, -0.15) is 4.37 Å². The van der Waals surface area contributed by atoms with Gasteiger partial charge < -0.3 is 5.11 Å². The lowest BCUT2D eigenvalue weighted by molar-refractivity contribution is 0.0697. The number of aryl methyl sites for hydroxylation is 1. The minimum Gasteiger partial charge on any atom is -0.478 e. The molecule has 1 aromatic heterocycles. The van der Waals surface area contributed by atoms with Crippen molar-refractivity contribution in [3.63, 3.8) is 0 Å². The lowest BCUT2D eigenvalue weighted by atomic mass is 10.2. The van der Waals surface area contributed by atoms with Crippen molar-refractivity contribution < 1.29 is 18.3 Å². The highest BCUT2D eigenvalue weighted by Gasteiger charge is 2.24. The molecule has 112 valence electrons. The van der Waals surface area contributed by atoms with E-state index in [0.29, 0.717) is 10.6 Å². The summed E-state index contributed by atoms with van der Waals surface area (Å²) < 4.78 is 30.9. The molecular weight excluding hydrogens is 336 g/mol. The molecule has 0 bridgehead atoms. The second-order valence-electron chi connectivity index (χ2n) is 4.25. The predicted molar refractivity (Wildman–Crippen MR) is 80.8 cm³/mol. The number of carboxylic acid groups (broad SMARTS) is 1. The van der Waals surface area contributed by atoms with Gasteiger partial charge in [-0.05, 0) is 43.1 Å². The molecular formula is C12H11ClN2O4S2. The number of halogens is 1. The summed E-state index contributed by atoms with van der Waals surface area (Å²) in [4.78, 5) is 11.2. The Morgan fingerprint density at radius 1 is 1.38 bits per heavy atom. The smallest absolute Gasteiger partial charge is 0.340 e. The minimum absolute atomic E-state index is 0.00241. The number of aromatic carboxylic acids is 1.